The van der Waals surface area contributed by atoms with Gasteiger partial charge in [0.2, 0.25) is 0 Å². The SMILES string of the molecule is Cc1csc(Oc2ccc([N+](=O)[O-])cc2)c1. The van der Waals surface area contributed by atoms with Gasteiger partial charge in [0.1, 0.15) is 5.75 Å². The standard InChI is InChI=1S/C11H9NO3S/c1-8-6-11(16-7-8)15-10-4-2-9(3-5-10)12(13)14/h2-7H,1H3. The Bertz CT molecular complexity index is 504. The Labute approximate surface area is 96.3 Å². The molecule has 0 atom stereocenters. The maximum absolute atomic E-state index is 10.4. The van der Waals surface area contributed by atoms with Gasteiger partial charge in [0.25, 0.3) is 5.69 Å². The summed E-state index contributed by atoms with van der Waals surface area (Å²) in [6, 6.07) is 7.96. The van der Waals surface area contributed by atoms with Crippen LogP contribution in [0.25, 0.3) is 0 Å². The van der Waals surface area contributed by atoms with E-state index in [2.05, 4.69) is 0 Å². The Hall–Kier alpha value is -1.88. The average Bonchev–Trinajstić information content (AvgIpc) is 2.65. The Balaban J connectivity index is 2.14. The van der Waals surface area contributed by atoms with Crippen LogP contribution in [0.2, 0.25) is 0 Å². The number of aryl methyl sites for hydroxylation is 1. The molecule has 1 aromatic carbocycles. The highest BCUT2D eigenvalue weighted by Crippen LogP contribution is 2.29. The van der Waals surface area contributed by atoms with E-state index in [4.69, 9.17) is 4.74 Å². The van der Waals surface area contributed by atoms with Crippen LogP contribution in [0.1, 0.15) is 5.56 Å². The van der Waals surface area contributed by atoms with Crippen LogP contribution in [-0.4, -0.2) is 4.92 Å². The topological polar surface area (TPSA) is 52.4 Å². The number of nitrogens with zero attached hydrogens (tertiary/aromatic N) is 1. The molecule has 0 fully saturated rings. The highest BCUT2D eigenvalue weighted by Gasteiger charge is 2.05. The van der Waals surface area contributed by atoms with Gasteiger partial charge in [0.05, 0.1) is 4.92 Å². The summed E-state index contributed by atoms with van der Waals surface area (Å²) in [5.74, 6) is 0.604. The van der Waals surface area contributed by atoms with Crippen molar-refractivity contribution in [3.8, 4) is 10.8 Å². The Morgan fingerprint density at radius 1 is 1.31 bits per heavy atom. The Morgan fingerprint density at radius 2 is 2.00 bits per heavy atom. The predicted molar refractivity (Wildman–Crippen MR) is 62.2 cm³/mol. The highest BCUT2D eigenvalue weighted by atomic mass is 32.1. The van der Waals surface area contributed by atoms with Gasteiger partial charge in [-0.25, -0.2) is 0 Å². The molecular formula is C11H9NO3S. The lowest BCUT2D eigenvalue weighted by Crippen LogP contribution is -1.87. The van der Waals surface area contributed by atoms with Crippen molar-refractivity contribution in [1.82, 2.24) is 0 Å². The minimum atomic E-state index is -0.431. The number of hydrogen-bond acceptors (Lipinski definition) is 4. The molecule has 1 heterocycles. The molecule has 0 N–H and O–H groups in total. The minimum Gasteiger partial charge on any atom is -0.447 e. The first-order valence-corrected chi connectivity index (χ1v) is 5.50. The number of rotatable bonds is 3. The fraction of sp³-hybridized carbons (Fsp3) is 0.0909. The van der Waals surface area contributed by atoms with Gasteiger partial charge in [-0.2, -0.15) is 0 Å². The molecule has 16 heavy (non-hydrogen) atoms. The second kappa shape index (κ2) is 4.32. The normalized spacial score (nSPS) is 10.1. The molecule has 0 radical (unpaired) electrons. The van der Waals surface area contributed by atoms with E-state index in [1.54, 1.807) is 12.1 Å². The van der Waals surface area contributed by atoms with Crippen LogP contribution in [0.5, 0.6) is 10.8 Å². The van der Waals surface area contributed by atoms with Crippen LogP contribution >= 0.6 is 11.3 Å². The second-order valence-corrected chi connectivity index (χ2v) is 4.17. The summed E-state index contributed by atoms with van der Waals surface area (Å²) in [6.45, 7) is 1.99. The van der Waals surface area contributed by atoms with E-state index in [1.165, 1.54) is 23.5 Å². The summed E-state index contributed by atoms with van der Waals surface area (Å²) in [5.41, 5.74) is 1.21. The first-order valence-electron chi connectivity index (χ1n) is 4.62. The molecule has 2 aromatic rings. The van der Waals surface area contributed by atoms with Gasteiger partial charge in [0, 0.05) is 12.1 Å². The average molecular weight is 235 g/mol. The van der Waals surface area contributed by atoms with Crippen LogP contribution in [0.4, 0.5) is 5.69 Å². The molecule has 0 unspecified atom stereocenters. The minimum absolute atomic E-state index is 0.0645. The number of ether oxygens (including phenoxy) is 1. The summed E-state index contributed by atoms with van der Waals surface area (Å²) in [5, 5.41) is 13.2. The molecule has 2 rings (SSSR count). The van der Waals surface area contributed by atoms with Crippen molar-refractivity contribution in [3.05, 3.63) is 51.4 Å². The molecule has 0 aliphatic heterocycles. The van der Waals surface area contributed by atoms with E-state index < -0.39 is 4.92 Å². The number of benzene rings is 1. The molecule has 4 nitrogen and oxygen atoms in total. The van der Waals surface area contributed by atoms with Crippen molar-refractivity contribution in [2.75, 3.05) is 0 Å². The van der Waals surface area contributed by atoms with Crippen molar-refractivity contribution in [3.63, 3.8) is 0 Å². The van der Waals surface area contributed by atoms with Gasteiger partial charge < -0.3 is 4.74 Å². The number of non-ortho nitro benzene ring substituents is 1. The van der Waals surface area contributed by atoms with Crippen LogP contribution in [0.15, 0.2) is 35.7 Å². The largest absolute Gasteiger partial charge is 0.447 e. The van der Waals surface area contributed by atoms with Gasteiger partial charge in [-0.05, 0) is 36.1 Å². The monoisotopic (exact) mass is 235 g/mol. The Kier molecular flexibility index (Phi) is 2.87. The highest BCUT2D eigenvalue weighted by molar-refractivity contribution is 7.12. The second-order valence-electron chi connectivity index (χ2n) is 3.30. The molecule has 5 heteroatoms. The zero-order chi connectivity index (χ0) is 11.5. The van der Waals surface area contributed by atoms with Crippen LogP contribution < -0.4 is 4.74 Å². The summed E-state index contributed by atoms with van der Waals surface area (Å²) < 4.78 is 5.53. The first-order chi connectivity index (χ1) is 7.65. The maximum atomic E-state index is 10.4. The first kappa shape index (κ1) is 10.6. The van der Waals surface area contributed by atoms with Gasteiger partial charge in [-0.1, -0.05) is 0 Å². The molecule has 0 amide bonds. The van der Waals surface area contributed by atoms with Gasteiger partial charge in [-0.15, -0.1) is 11.3 Å². The van der Waals surface area contributed by atoms with E-state index in [0.717, 1.165) is 10.6 Å². The third kappa shape index (κ3) is 2.38. The zero-order valence-electron chi connectivity index (χ0n) is 8.54. The lowest BCUT2D eigenvalue weighted by Gasteiger charge is -2.01. The van der Waals surface area contributed by atoms with Crippen molar-refractivity contribution < 1.29 is 9.66 Å². The van der Waals surface area contributed by atoms with Crippen molar-refractivity contribution in [2.24, 2.45) is 0 Å². The van der Waals surface area contributed by atoms with E-state index in [-0.39, 0.29) is 5.69 Å². The number of thiophene rings is 1. The van der Waals surface area contributed by atoms with Crippen LogP contribution in [0, 0.1) is 17.0 Å². The van der Waals surface area contributed by atoms with E-state index in [1.807, 2.05) is 18.4 Å². The molecule has 0 aliphatic carbocycles. The fourth-order valence-electron chi connectivity index (χ4n) is 1.21. The molecule has 1 aromatic heterocycles. The van der Waals surface area contributed by atoms with Crippen LogP contribution in [-0.2, 0) is 0 Å². The lowest BCUT2D eigenvalue weighted by molar-refractivity contribution is -0.384. The van der Waals surface area contributed by atoms with E-state index in [9.17, 15) is 10.1 Å². The third-order valence-electron chi connectivity index (χ3n) is 1.97. The van der Waals surface area contributed by atoms with Gasteiger partial charge in [0.15, 0.2) is 5.06 Å². The number of nitro groups is 1. The van der Waals surface area contributed by atoms with Gasteiger partial charge in [-0.3, -0.25) is 10.1 Å². The Morgan fingerprint density at radius 3 is 2.50 bits per heavy atom. The fourth-order valence-corrected chi connectivity index (χ4v) is 1.98. The molecule has 0 aliphatic rings. The lowest BCUT2D eigenvalue weighted by atomic mass is 10.3. The summed E-state index contributed by atoms with van der Waals surface area (Å²) in [7, 11) is 0. The van der Waals surface area contributed by atoms with Crippen molar-refractivity contribution in [2.45, 2.75) is 6.92 Å². The van der Waals surface area contributed by atoms with Crippen molar-refractivity contribution >= 4 is 17.0 Å². The molecular weight excluding hydrogens is 226 g/mol. The summed E-state index contributed by atoms with van der Waals surface area (Å²) in [4.78, 5) is 10.0. The van der Waals surface area contributed by atoms with Gasteiger partial charge >= 0.3 is 0 Å². The predicted octanol–water partition coefficient (Wildman–Crippen LogP) is 3.76. The molecule has 0 saturated heterocycles. The molecule has 0 bridgehead atoms. The number of nitro benzene ring substituents is 1. The van der Waals surface area contributed by atoms with Crippen molar-refractivity contribution in [1.29, 1.82) is 0 Å². The number of hydrogen-bond donors (Lipinski definition) is 0. The zero-order valence-corrected chi connectivity index (χ0v) is 9.36. The molecule has 0 saturated carbocycles. The molecule has 82 valence electrons. The maximum Gasteiger partial charge on any atom is 0.269 e. The third-order valence-corrected chi connectivity index (χ3v) is 2.90. The van der Waals surface area contributed by atoms with E-state index in [0.29, 0.717) is 5.75 Å². The summed E-state index contributed by atoms with van der Waals surface area (Å²) >= 11 is 1.50. The van der Waals surface area contributed by atoms with Crippen LogP contribution in [0.3, 0.4) is 0 Å². The molecule has 0 spiro atoms. The summed E-state index contributed by atoms with van der Waals surface area (Å²) in [6.07, 6.45) is 0. The van der Waals surface area contributed by atoms with E-state index >= 15 is 0 Å². The quantitative estimate of drug-likeness (QED) is 0.601. The smallest absolute Gasteiger partial charge is 0.269 e.